The Kier molecular flexibility index (Phi) is 5.65. The molecule has 90 valence electrons. The number of nitrogens with two attached hydrogens (primary N) is 1. The van der Waals surface area contributed by atoms with E-state index < -0.39 is 15.6 Å². The Bertz CT molecular complexity index is 316. The van der Waals surface area contributed by atoms with Crippen molar-refractivity contribution >= 4 is 27.2 Å². The first-order valence-electron chi connectivity index (χ1n) is 4.58. The lowest BCUT2D eigenvalue weighted by Gasteiger charge is -2.27. The Balaban J connectivity index is 4.62. The van der Waals surface area contributed by atoms with Crippen molar-refractivity contribution in [2.45, 2.75) is 25.8 Å². The van der Waals surface area contributed by atoms with Crippen LogP contribution in [0, 0.1) is 0 Å². The number of thiocarbonyl (C=S) groups is 1. The van der Waals surface area contributed by atoms with Crippen molar-refractivity contribution in [1.29, 1.82) is 0 Å². The number of hydrogen-bond acceptors (Lipinski definition) is 4. The predicted molar refractivity (Wildman–Crippen MR) is 64.3 cm³/mol. The number of hydrogen-bond donors (Lipinski definition) is 2. The third kappa shape index (κ3) is 4.87. The highest BCUT2D eigenvalue weighted by Gasteiger charge is 2.30. The van der Waals surface area contributed by atoms with Crippen LogP contribution >= 0.6 is 12.2 Å². The van der Waals surface area contributed by atoms with Crippen LogP contribution in [0.25, 0.3) is 0 Å². The molecule has 0 saturated carbocycles. The lowest BCUT2D eigenvalue weighted by atomic mass is 10.0. The average Bonchev–Trinajstić information content (AvgIpc) is 2.13. The fraction of sp³-hybridized carbons (Fsp3) is 0.875. The number of ether oxygens (including phenoxy) is 1. The molecule has 15 heavy (non-hydrogen) atoms. The Hall–Kier alpha value is -0.240. The number of sulfonamides is 1. The largest absolute Gasteiger partial charge is 0.392 e. The SMILES string of the molecule is CCC(C)(NS(=O)(=O)CCOC)C(N)=S. The smallest absolute Gasteiger partial charge is 0.214 e. The third-order valence-corrected chi connectivity index (χ3v) is 4.10. The fourth-order valence-electron chi connectivity index (χ4n) is 0.884. The second kappa shape index (κ2) is 5.74. The van der Waals surface area contributed by atoms with Gasteiger partial charge in [0, 0.05) is 7.11 Å². The van der Waals surface area contributed by atoms with Gasteiger partial charge in [0.25, 0.3) is 0 Å². The lowest BCUT2D eigenvalue weighted by Crippen LogP contribution is -2.54. The van der Waals surface area contributed by atoms with E-state index in [-0.39, 0.29) is 17.3 Å². The van der Waals surface area contributed by atoms with Gasteiger partial charge in [-0.05, 0) is 13.3 Å². The van der Waals surface area contributed by atoms with E-state index in [0.29, 0.717) is 6.42 Å². The van der Waals surface area contributed by atoms with Crippen molar-refractivity contribution in [3.05, 3.63) is 0 Å². The van der Waals surface area contributed by atoms with Crippen molar-refractivity contribution in [1.82, 2.24) is 4.72 Å². The van der Waals surface area contributed by atoms with E-state index in [9.17, 15) is 8.42 Å². The van der Waals surface area contributed by atoms with Crippen molar-refractivity contribution in [2.24, 2.45) is 5.73 Å². The second-order valence-corrected chi connectivity index (χ2v) is 5.75. The molecule has 0 bridgehead atoms. The highest BCUT2D eigenvalue weighted by Crippen LogP contribution is 2.11. The van der Waals surface area contributed by atoms with Gasteiger partial charge in [-0.1, -0.05) is 19.1 Å². The summed E-state index contributed by atoms with van der Waals surface area (Å²) < 4.78 is 30.3. The summed E-state index contributed by atoms with van der Waals surface area (Å²) in [4.78, 5) is 0.144. The van der Waals surface area contributed by atoms with Crippen LogP contribution in [0.3, 0.4) is 0 Å². The number of rotatable bonds is 7. The summed E-state index contributed by atoms with van der Waals surface area (Å²) in [5.41, 5.74) is 4.63. The molecule has 3 N–H and O–H groups in total. The van der Waals surface area contributed by atoms with Gasteiger partial charge >= 0.3 is 0 Å². The molecule has 0 saturated heterocycles. The van der Waals surface area contributed by atoms with Crippen molar-refractivity contribution < 1.29 is 13.2 Å². The fourth-order valence-corrected chi connectivity index (χ4v) is 2.57. The number of nitrogens with one attached hydrogen (secondary N) is 1. The van der Waals surface area contributed by atoms with Crippen LogP contribution in [0.2, 0.25) is 0 Å². The number of methoxy groups -OCH3 is 1. The van der Waals surface area contributed by atoms with E-state index in [1.807, 2.05) is 6.92 Å². The van der Waals surface area contributed by atoms with Crippen molar-refractivity contribution in [3.8, 4) is 0 Å². The van der Waals surface area contributed by atoms with E-state index in [1.165, 1.54) is 7.11 Å². The van der Waals surface area contributed by atoms with Gasteiger partial charge in [0.15, 0.2) is 0 Å². The molecule has 0 aliphatic carbocycles. The maximum atomic E-state index is 11.6. The highest BCUT2D eigenvalue weighted by molar-refractivity contribution is 7.89. The topological polar surface area (TPSA) is 81.4 Å². The zero-order valence-corrected chi connectivity index (χ0v) is 10.9. The second-order valence-electron chi connectivity index (χ2n) is 3.46. The zero-order valence-electron chi connectivity index (χ0n) is 9.24. The summed E-state index contributed by atoms with van der Waals surface area (Å²) in [5.74, 6) is -0.0955. The van der Waals surface area contributed by atoms with E-state index in [2.05, 4.69) is 4.72 Å². The summed E-state index contributed by atoms with van der Waals surface area (Å²) >= 11 is 4.83. The molecular weight excluding hydrogens is 236 g/mol. The van der Waals surface area contributed by atoms with Crippen LogP contribution < -0.4 is 10.5 Å². The quantitative estimate of drug-likeness (QED) is 0.625. The standard InChI is InChI=1S/C8H18N2O3S2/c1-4-8(2,7(9)14)10-15(11,12)6-5-13-3/h10H,4-6H2,1-3H3,(H2,9,14). The Morgan fingerprint density at radius 3 is 2.47 bits per heavy atom. The van der Waals surface area contributed by atoms with Crippen LogP contribution in [0.5, 0.6) is 0 Å². The summed E-state index contributed by atoms with van der Waals surface area (Å²) in [6.07, 6.45) is 0.508. The zero-order chi connectivity index (χ0) is 12.1. The molecule has 0 aromatic rings. The van der Waals surface area contributed by atoms with Crippen LogP contribution in [-0.2, 0) is 14.8 Å². The van der Waals surface area contributed by atoms with E-state index in [0.717, 1.165) is 0 Å². The minimum Gasteiger partial charge on any atom is -0.392 e. The molecule has 0 rings (SSSR count). The van der Waals surface area contributed by atoms with E-state index >= 15 is 0 Å². The van der Waals surface area contributed by atoms with Crippen molar-refractivity contribution in [2.75, 3.05) is 19.5 Å². The molecule has 0 amide bonds. The summed E-state index contributed by atoms with van der Waals surface area (Å²) in [7, 11) is -1.95. The molecule has 1 unspecified atom stereocenters. The predicted octanol–water partition coefficient (Wildman–Crippen LogP) is 0.00700. The summed E-state index contributed by atoms with van der Waals surface area (Å²) in [6, 6.07) is 0. The monoisotopic (exact) mass is 254 g/mol. The molecule has 0 fully saturated rings. The van der Waals surface area contributed by atoms with Gasteiger partial charge in [-0.3, -0.25) is 0 Å². The average molecular weight is 254 g/mol. The molecule has 0 radical (unpaired) electrons. The van der Waals surface area contributed by atoms with E-state index in [1.54, 1.807) is 6.92 Å². The summed E-state index contributed by atoms with van der Waals surface area (Å²) in [5, 5.41) is 0. The minimum atomic E-state index is -3.40. The van der Waals surface area contributed by atoms with Gasteiger partial charge in [0.05, 0.1) is 22.9 Å². The lowest BCUT2D eigenvalue weighted by molar-refractivity contribution is 0.216. The van der Waals surface area contributed by atoms with Gasteiger partial charge in [0.2, 0.25) is 10.0 Å². The van der Waals surface area contributed by atoms with Crippen LogP contribution in [0.4, 0.5) is 0 Å². The summed E-state index contributed by atoms with van der Waals surface area (Å²) in [6.45, 7) is 3.63. The minimum absolute atomic E-state index is 0.0955. The molecule has 0 aromatic carbocycles. The Morgan fingerprint density at radius 1 is 1.60 bits per heavy atom. The van der Waals surface area contributed by atoms with Crippen LogP contribution in [0.1, 0.15) is 20.3 Å². The highest BCUT2D eigenvalue weighted by atomic mass is 32.2. The van der Waals surface area contributed by atoms with Gasteiger partial charge in [-0.25, -0.2) is 13.1 Å². The molecule has 0 aliphatic rings. The first-order valence-corrected chi connectivity index (χ1v) is 6.64. The molecule has 5 nitrogen and oxygen atoms in total. The Labute approximate surface area is 96.4 Å². The van der Waals surface area contributed by atoms with Crippen LogP contribution in [-0.4, -0.2) is 38.4 Å². The first-order chi connectivity index (χ1) is 6.77. The molecule has 1 atom stereocenters. The van der Waals surface area contributed by atoms with Gasteiger partial charge in [0.1, 0.15) is 0 Å². The normalized spacial score (nSPS) is 15.9. The maximum absolute atomic E-state index is 11.6. The molecular formula is C8H18N2O3S2. The van der Waals surface area contributed by atoms with Crippen molar-refractivity contribution in [3.63, 3.8) is 0 Å². The van der Waals surface area contributed by atoms with Gasteiger partial charge in [-0.15, -0.1) is 0 Å². The third-order valence-electron chi connectivity index (χ3n) is 2.19. The molecule has 0 heterocycles. The van der Waals surface area contributed by atoms with Gasteiger partial charge < -0.3 is 10.5 Å². The first kappa shape index (κ1) is 14.8. The van der Waals surface area contributed by atoms with Crippen LogP contribution in [0.15, 0.2) is 0 Å². The van der Waals surface area contributed by atoms with Gasteiger partial charge in [-0.2, -0.15) is 0 Å². The maximum Gasteiger partial charge on any atom is 0.214 e. The molecule has 0 aliphatic heterocycles. The molecule has 0 spiro atoms. The molecule has 0 aromatic heterocycles. The Morgan fingerprint density at radius 2 is 2.13 bits per heavy atom. The molecule has 7 heteroatoms. The van der Waals surface area contributed by atoms with E-state index in [4.69, 9.17) is 22.7 Å².